The van der Waals surface area contributed by atoms with Crippen molar-refractivity contribution in [2.24, 2.45) is 10.2 Å². The summed E-state index contributed by atoms with van der Waals surface area (Å²) in [6.07, 6.45) is 5.48. The summed E-state index contributed by atoms with van der Waals surface area (Å²) in [5.41, 5.74) is 2.44. The molecule has 9 heteroatoms. The van der Waals surface area contributed by atoms with E-state index in [-0.39, 0.29) is 28.9 Å². The number of aromatic amines is 1. The number of carbonyl (C=O) groups is 1. The molecular weight excluding hydrogens is 494 g/mol. The molecule has 0 unspecified atom stereocenters. The summed E-state index contributed by atoms with van der Waals surface area (Å²) in [5, 5.41) is 33.9. The number of H-pyrrole nitrogens is 1. The highest BCUT2D eigenvalue weighted by Gasteiger charge is 2.17. The second-order valence-electron chi connectivity index (χ2n) is 9.35. The van der Waals surface area contributed by atoms with Gasteiger partial charge in [0.2, 0.25) is 5.91 Å². The highest BCUT2D eigenvalue weighted by Crippen LogP contribution is 2.26. The fraction of sp³-hybridized carbons (Fsp3) is 0.267. The van der Waals surface area contributed by atoms with Crippen molar-refractivity contribution in [3.8, 4) is 17.2 Å². The Balaban J connectivity index is 1.50. The summed E-state index contributed by atoms with van der Waals surface area (Å²) in [6.45, 7) is 2.12. The number of unbranched alkanes of at least 4 members (excludes halogenated alkanes) is 3. The molecule has 0 bridgehead atoms. The zero-order chi connectivity index (χ0) is 27.6. The van der Waals surface area contributed by atoms with Crippen LogP contribution in [0.2, 0.25) is 0 Å². The second-order valence-corrected chi connectivity index (χ2v) is 9.35. The van der Waals surface area contributed by atoms with Crippen LogP contribution in [-0.4, -0.2) is 25.9 Å². The van der Waals surface area contributed by atoms with Gasteiger partial charge >= 0.3 is 5.56 Å². The van der Waals surface area contributed by atoms with Gasteiger partial charge in [0.1, 0.15) is 11.5 Å². The SMILES string of the molecule is CCCCCCC(=O)Nc1[nH]n(-c2ccccc2)c(=O)c1N=Nc1ccc(CCc2cc(O)ccc2O)cc1. The average Bonchev–Trinajstić information content (AvgIpc) is 3.25. The number of hydrogen-bond donors (Lipinski definition) is 4. The van der Waals surface area contributed by atoms with Crippen molar-refractivity contribution in [2.75, 3.05) is 5.32 Å². The molecule has 0 fully saturated rings. The van der Waals surface area contributed by atoms with E-state index in [0.29, 0.717) is 36.2 Å². The number of aromatic hydroxyl groups is 2. The van der Waals surface area contributed by atoms with Crippen LogP contribution in [0, 0.1) is 0 Å². The zero-order valence-corrected chi connectivity index (χ0v) is 21.9. The number of para-hydroxylation sites is 1. The lowest BCUT2D eigenvalue weighted by Crippen LogP contribution is -2.13. The van der Waals surface area contributed by atoms with Gasteiger partial charge in [-0.1, -0.05) is 56.5 Å². The largest absolute Gasteiger partial charge is 0.508 e. The molecule has 1 aromatic heterocycles. The van der Waals surface area contributed by atoms with E-state index in [2.05, 4.69) is 27.6 Å². The number of phenolic OH excluding ortho intramolecular Hbond substituents is 2. The fourth-order valence-electron chi connectivity index (χ4n) is 4.17. The summed E-state index contributed by atoms with van der Waals surface area (Å²) in [6, 6.07) is 20.9. The third-order valence-electron chi connectivity index (χ3n) is 6.35. The number of azo groups is 1. The maximum atomic E-state index is 13.2. The van der Waals surface area contributed by atoms with Crippen LogP contribution in [0.5, 0.6) is 11.5 Å². The molecule has 0 saturated carbocycles. The third kappa shape index (κ3) is 7.44. The van der Waals surface area contributed by atoms with Crippen LogP contribution in [0.15, 0.2) is 87.8 Å². The van der Waals surface area contributed by atoms with E-state index in [1.807, 2.05) is 30.3 Å². The van der Waals surface area contributed by atoms with Gasteiger partial charge in [0.25, 0.3) is 0 Å². The van der Waals surface area contributed by atoms with E-state index < -0.39 is 5.56 Å². The van der Waals surface area contributed by atoms with E-state index in [0.717, 1.165) is 31.2 Å². The molecule has 0 aliphatic heterocycles. The van der Waals surface area contributed by atoms with Crippen LogP contribution in [-0.2, 0) is 17.6 Å². The van der Waals surface area contributed by atoms with Crippen LogP contribution < -0.4 is 10.9 Å². The minimum atomic E-state index is -0.422. The number of aryl methyl sites for hydroxylation is 2. The molecule has 0 aliphatic rings. The van der Waals surface area contributed by atoms with Crippen LogP contribution >= 0.6 is 0 Å². The van der Waals surface area contributed by atoms with Crippen LogP contribution in [0.25, 0.3) is 5.69 Å². The molecular formula is C30H33N5O4. The van der Waals surface area contributed by atoms with Gasteiger partial charge in [-0.15, -0.1) is 5.11 Å². The molecule has 1 heterocycles. The van der Waals surface area contributed by atoms with Crippen molar-refractivity contribution in [1.82, 2.24) is 9.78 Å². The minimum absolute atomic E-state index is 0.0178. The first-order valence-electron chi connectivity index (χ1n) is 13.2. The standard InChI is InChI=1S/C30H33N5O4/c1-2-3-4-8-11-27(38)31-29-28(30(39)35(34-29)24-9-6-5-7-10-24)33-32-23-16-13-21(14-17-23)12-15-22-20-25(36)18-19-26(22)37/h5-7,9-10,13-14,16-20,34,36-37H,2-4,8,11-12,15H2,1H3,(H,31,38). The number of phenols is 2. The number of anilines is 1. The lowest BCUT2D eigenvalue weighted by Gasteiger charge is -2.06. The minimum Gasteiger partial charge on any atom is -0.508 e. The van der Waals surface area contributed by atoms with Crippen molar-refractivity contribution in [3.05, 3.63) is 94.3 Å². The first-order chi connectivity index (χ1) is 18.9. The topological polar surface area (TPSA) is 132 Å². The van der Waals surface area contributed by atoms with E-state index >= 15 is 0 Å². The lowest BCUT2D eigenvalue weighted by molar-refractivity contribution is -0.116. The first kappa shape index (κ1) is 27.4. The lowest BCUT2D eigenvalue weighted by atomic mass is 10.0. The van der Waals surface area contributed by atoms with Crippen LogP contribution in [0.4, 0.5) is 17.2 Å². The predicted octanol–water partition coefficient (Wildman–Crippen LogP) is 6.69. The Morgan fingerprint density at radius 1 is 0.923 bits per heavy atom. The van der Waals surface area contributed by atoms with E-state index in [9.17, 15) is 19.8 Å². The first-order valence-corrected chi connectivity index (χ1v) is 13.2. The highest BCUT2D eigenvalue weighted by molar-refractivity contribution is 5.92. The van der Waals surface area contributed by atoms with Gasteiger partial charge in [-0.25, -0.2) is 4.68 Å². The van der Waals surface area contributed by atoms with Gasteiger partial charge in [-0.2, -0.15) is 5.11 Å². The Kier molecular flexibility index (Phi) is 9.29. The van der Waals surface area contributed by atoms with E-state index in [1.165, 1.54) is 16.8 Å². The number of aromatic nitrogens is 2. The second kappa shape index (κ2) is 13.2. The Labute approximate surface area is 226 Å². The molecule has 0 aliphatic carbocycles. The monoisotopic (exact) mass is 527 g/mol. The molecule has 4 rings (SSSR count). The number of hydrogen-bond acceptors (Lipinski definition) is 6. The highest BCUT2D eigenvalue weighted by atomic mass is 16.3. The van der Waals surface area contributed by atoms with Gasteiger partial charge in [0.05, 0.1) is 11.4 Å². The number of rotatable bonds is 12. The molecule has 0 spiro atoms. The molecule has 0 radical (unpaired) electrons. The van der Waals surface area contributed by atoms with Gasteiger partial charge in [-0.3, -0.25) is 14.7 Å². The third-order valence-corrected chi connectivity index (χ3v) is 6.35. The molecule has 1 amide bonds. The Hall–Kier alpha value is -4.66. The summed E-state index contributed by atoms with van der Waals surface area (Å²) in [7, 11) is 0. The molecule has 0 atom stereocenters. The van der Waals surface area contributed by atoms with Gasteiger partial charge in [-0.05, 0) is 72.9 Å². The van der Waals surface area contributed by atoms with Crippen LogP contribution in [0.1, 0.15) is 50.2 Å². The number of nitrogens with one attached hydrogen (secondary N) is 2. The van der Waals surface area contributed by atoms with E-state index in [4.69, 9.17) is 0 Å². The van der Waals surface area contributed by atoms with Crippen molar-refractivity contribution in [2.45, 2.75) is 51.9 Å². The molecule has 0 saturated heterocycles. The molecule has 4 aromatic rings. The molecule has 9 nitrogen and oxygen atoms in total. The molecule has 39 heavy (non-hydrogen) atoms. The molecule has 4 N–H and O–H groups in total. The Morgan fingerprint density at radius 2 is 1.69 bits per heavy atom. The van der Waals surface area contributed by atoms with Gasteiger partial charge in [0, 0.05) is 6.42 Å². The summed E-state index contributed by atoms with van der Waals surface area (Å²) in [5.74, 6) is 0.276. The van der Waals surface area contributed by atoms with Crippen molar-refractivity contribution in [3.63, 3.8) is 0 Å². The zero-order valence-electron chi connectivity index (χ0n) is 21.9. The molecule has 202 valence electrons. The number of nitrogens with zero attached hydrogens (tertiary/aromatic N) is 3. The smallest absolute Gasteiger partial charge is 0.301 e. The summed E-state index contributed by atoms with van der Waals surface area (Å²) < 4.78 is 1.33. The van der Waals surface area contributed by atoms with E-state index in [1.54, 1.807) is 30.3 Å². The number of amides is 1. The van der Waals surface area contributed by atoms with Crippen molar-refractivity contribution >= 4 is 23.1 Å². The summed E-state index contributed by atoms with van der Waals surface area (Å²) in [4.78, 5) is 25.8. The van der Waals surface area contributed by atoms with Crippen molar-refractivity contribution in [1.29, 1.82) is 0 Å². The molecule has 3 aromatic carbocycles. The number of carbonyl (C=O) groups excluding carboxylic acids is 1. The predicted molar refractivity (Wildman–Crippen MR) is 152 cm³/mol. The maximum absolute atomic E-state index is 13.2. The Bertz CT molecular complexity index is 1470. The average molecular weight is 528 g/mol. The van der Waals surface area contributed by atoms with Gasteiger partial charge < -0.3 is 15.5 Å². The van der Waals surface area contributed by atoms with Crippen LogP contribution in [0.3, 0.4) is 0 Å². The Morgan fingerprint density at radius 3 is 2.44 bits per heavy atom. The normalized spacial score (nSPS) is 11.2. The fourth-order valence-corrected chi connectivity index (χ4v) is 4.17. The van der Waals surface area contributed by atoms with Gasteiger partial charge in [0.15, 0.2) is 11.5 Å². The van der Waals surface area contributed by atoms with Crippen molar-refractivity contribution < 1.29 is 15.0 Å². The quantitative estimate of drug-likeness (QED) is 0.0928. The maximum Gasteiger partial charge on any atom is 0.301 e. The summed E-state index contributed by atoms with van der Waals surface area (Å²) >= 11 is 0. The number of benzene rings is 3.